The summed E-state index contributed by atoms with van der Waals surface area (Å²) in [6, 6.07) is 12.5. The van der Waals surface area contributed by atoms with Crippen molar-refractivity contribution in [2.24, 2.45) is 0 Å². The summed E-state index contributed by atoms with van der Waals surface area (Å²) >= 11 is 0. The third-order valence-corrected chi connectivity index (χ3v) is 3.50. The van der Waals surface area contributed by atoms with Crippen LogP contribution < -0.4 is 0 Å². The predicted octanol–water partition coefficient (Wildman–Crippen LogP) is 4.54. The van der Waals surface area contributed by atoms with Crippen LogP contribution in [0.25, 0.3) is 21.8 Å². The molecule has 2 aromatic carbocycles. The molecule has 0 saturated heterocycles. The van der Waals surface area contributed by atoms with Crippen LogP contribution in [0.2, 0.25) is 0 Å². The fourth-order valence-corrected chi connectivity index (χ4v) is 2.31. The van der Waals surface area contributed by atoms with Gasteiger partial charge in [-0.15, -0.1) is 0 Å². The Morgan fingerprint density at radius 1 is 0.905 bits per heavy atom. The number of nitrogens with one attached hydrogen (secondary N) is 2. The number of nitrogens with zero attached hydrogens (tertiary/aromatic N) is 2. The summed E-state index contributed by atoms with van der Waals surface area (Å²) in [5.74, 6) is 0. The molecule has 0 aliphatic heterocycles. The van der Waals surface area contributed by atoms with Gasteiger partial charge in [-0.25, -0.2) is 0 Å². The van der Waals surface area contributed by atoms with Crippen LogP contribution in [0.4, 0.5) is 0 Å². The number of hydrogen-bond acceptors (Lipinski definition) is 2. The minimum Gasteiger partial charge on any atom is -0.282 e. The first kappa shape index (κ1) is 13.4. The molecule has 4 aromatic rings. The molecule has 0 spiro atoms. The maximum Gasteiger partial charge on any atom is 0.0923 e. The zero-order valence-corrected chi connectivity index (χ0v) is 12.4. The van der Waals surface area contributed by atoms with Gasteiger partial charge >= 0.3 is 0 Å². The van der Waals surface area contributed by atoms with Crippen molar-refractivity contribution < 1.29 is 2.85 Å². The molecule has 0 amide bonds. The number of aromatic nitrogens is 4. The van der Waals surface area contributed by atoms with E-state index in [-0.39, 0.29) is 2.85 Å². The smallest absolute Gasteiger partial charge is 0.0923 e. The molecule has 21 heavy (non-hydrogen) atoms. The van der Waals surface area contributed by atoms with Gasteiger partial charge in [-0.05, 0) is 45.0 Å². The third-order valence-electron chi connectivity index (χ3n) is 3.50. The number of benzene rings is 2. The number of fused-ring (bicyclic) bond motifs is 2. The zero-order chi connectivity index (χ0) is 14.8. The molecule has 0 unspecified atom stereocenters. The lowest BCUT2D eigenvalue weighted by molar-refractivity contribution is 1.07. The van der Waals surface area contributed by atoms with Crippen LogP contribution in [0.5, 0.6) is 0 Å². The Labute approximate surface area is 126 Å². The molecule has 0 saturated carbocycles. The summed E-state index contributed by atoms with van der Waals surface area (Å²) in [5, 5.41) is 16.3. The molecule has 2 heterocycles. The molecule has 2 aromatic heterocycles. The highest BCUT2D eigenvalue weighted by Crippen LogP contribution is 2.15. The zero-order valence-electron chi connectivity index (χ0n) is 12.4. The van der Waals surface area contributed by atoms with Crippen LogP contribution in [0.15, 0.2) is 42.6 Å². The van der Waals surface area contributed by atoms with Crippen LogP contribution in [-0.2, 0) is 0 Å². The van der Waals surface area contributed by atoms with E-state index in [1.54, 1.807) is 0 Å². The van der Waals surface area contributed by atoms with E-state index in [1.807, 2.05) is 25.3 Å². The lowest BCUT2D eigenvalue weighted by atomic mass is 10.1. The van der Waals surface area contributed by atoms with E-state index >= 15 is 0 Å². The Morgan fingerprint density at radius 2 is 1.67 bits per heavy atom. The normalized spacial score (nSPS) is 10.6. The van der Waals surface area contributed by atoms with Gasteiger partial charge < -0.3 is 0 Å². The molecule has 0 bridgehead atoms. The molecule has 0 radical (unpaired) electrons. The second-order valence-corrected chi connectivity index (χ2v) is 5.33. The SMILES string of the molecule is Cc1ccc2[nH]ncc2c1.Cc1ccc2n[nH]c(C)c2c1.[HH].[HH]. The number of aromatic amines is 2. The summed E-state index contributed by atoms with van der Waals surface area (Å²) in [6.07, 6.45) is 1.84. The molecule has 0 aliphatic carbocycles. The second-order valence-electron chi connectivity index (χ2n) is 5.33. The van der Waals surface area contributed by atoms with Gasteiger partial charge in [0.1, 0.15) is 0 Å². The summed E-state index contributed by atoms with van der Waals surface area (Å²) in [7, 11) is 0. The molecular formula is C17H22N4. The van der Waals surface area contributed by atoms with Crippen LogP contribution in [0.3, 0.4) is 0 Å². The van der Waals surface area contributed by atoms with Gasteiger partial charge in [-0.2, -0.15) is 10.2 Å². The van der Waals surface area contributed by atoms with Gasteiger partial charge in [0.05, 0.1) is 17.2 Å². The topological polar surface area (TPSA) is 57.4 Å². The summed E-state index contributed by atoms with van der Waals surface area (Å²) in [6.45, 7) is 6.20. The molecule has 0 atom stereocenters. The molecule has 0 fully saturated rings. The number of aryl methyl sites for hydroxylation is 3. The monoisotopic (exact) mass is 282 g/mol. The fourth-order valence-electron chi connectivity index (χ4n) is 2.31. The molecule has 110 valence electrons. The largest absolute Gasteiger partial charge is 0.282 e. The van der Waals surface area contributed by atoms with Gasteiger partial charge in [0.15, 0.2) is 0 Å². The molecule has 2 N–H and O–H groups in total. The van der Waals surface area contributed by atoms with E-state index in [0.717, 1.165) is 16.7 Å². The van der Waals surface area contributed by atoms with Gasteiger partial charge in [-0.3, -0.25) is 10.2 Å². The van der Waals surface area contributed by atoms with E-state index in [4.69, 9.17) is 0 Å². The van der Waals surface area contributed by atoms with Crippen LogP contribution in [-0.4, -0.2) is 20.4 Å². The minimum absolute atomic E-state index is 0. The van der Waals surface area contributed by atoms with E-state index in [2.05, 4.69) is 58.5 Å². The van der Waals surface area contributed by atoms with Gasteiger partial charge in [-0.1, -0.05) is 23.3 Å². The van der Waals surface area contributed by atoms with Crippen LogP contribution >= 0.6 is 0 Å². The van der Waals surface area contributed by atoms with E-state index in [9.17, 15) is 0 Å². The lowest BCUT2D eigenvalue weighted by Crippen LogP contribution is -1.72. The third kappa shape index (κ3) is 2.79. The van der Waals surface area contributed by atoms with Crippen molar-refractivity contribution in [2.45, 2.75) is 20.8 Å². The highest BCUT2D eigenvalue weighted by molar-refractivity contribution is 5.81. The van der Waals surface area contributed by atoms with Gasteiger partial charge in [0.2, 0.25) is 0 Å². The van der Waals surface area contributed by atoms with Crippen molar-refractivity contribution in [1.82, 2.24) is 20.4 Å². The second kappa shape index (κ2) is 5.40. The van der Waals surface area contributed by atoms with Crippen molar-refractivity contribution >= 4 is 21.8 Å². The fraction of sp³-hybridized carbons (Fsp3) is 0.176. The van der Waals surface area contributed by atoms with Gasteiger partial charge in [0.25, 0.3) is 0 Å². The minimum atomic E-state index is 0. The van der Waals surface area contributed by atoms with Crippen LogP contribution in [0, 0.1) is 20.8 Å². The Hall–Kier alpha value is -2.62. The van der Waals surface area contributed by atoms with Crippen molar-refractivity contribution in [3.8, 4) is 0 Å². The van der Waals surface area contributed by atoms with E-state index < -0.39 is 0 Å². The van der Waals surface area contributed by atoms with E-state index in [1.165, 1.54) is 21.9 Å². The Bertz CT molecular complexity index is 896. The number of rotatable bonds is 0. The highest BCUT2D eigenvalue weighted by Gasteiger charge is 1.98. The Morgan fingerprint density at radius 3 is 2.52 bits per heavy atom. The molecule has 4 nitrogen and oxygen atoms in total. The first-order valence-corrected chi connectivity index (χ1v) is 6.94. The van der Waals surface area contributed by atoms with Crippen molar-refractivity contribution in [3.63, 3.8) is 0 Å². The van der Waals surface area contributed by atoms with Crippen molar-refractivity contribution in [1.29, 1.82) is 0 Å². The standard InChI is InChI=1S/C9H10N2.C8H8N2.2H2/c1-6-3-4-9-8(5-6)7(2)10-11-9;1-6-2-3-8-7(4-6)5-9-10-8;;/h3-5H,1-2H3,(H,10,11);2-5H,1H3,(H,9,10);2*1H. The highest BCUT2D eigenvalue weighted by atomic mass is 15.1. The first-order valence-electron chi connectivity index (χ1n) is 6.94. The lowest BCUT2D eigenvalue weighted by Gasteiger charge is -1.91. The van der Waals surface area contributed by atoms with Crippen molar-refractivity contribution in [2.75, 3.05) is 0 Å². The maximum absolute atomic E-state index is 4.13. The average Bonchev–Trinajstić information content (AvgIpc) is 3.06. The summed E-state index contributed by atoms with van der Waals surface area (Å²) in [4.78, 5) is 0. The average molecular weight is 282 g/mol. The number of hydrogen-bond donors (Lipinski definition) is 2. The molecule has 0 aliphatic rings. The van der Waals surface area contributed by atoms with Gasteiger partial charge in [0, 0.05) is 19.3 Å². The van der Waals surface area contributed by atoms with E-state index in [0.29, 0.717) is 0 Å². The Balaban J connectivity index is 0.000000212. The maximum atomic E-state index is 4.13. The molecular weight excluding hydrogens is 260 g/mol. The summed E-state index contributed by atoms with van der Waals surface area (Å²) < 4.78 is 0. The Kier molecular flexibility index (Phi) is 3.44. The predicted molar refractivity (Wildman–Crippen MR) is 90.6 cm³/mol. The summed E-state index contributed by atoms with van der Waals surface area (Å²) in [5.41, 5.74) is 5.85. The number of H-pyrrole nitrogens is 2. The first-order chi connectivity index (χ1) is 10.1. The quantitative estimate of drug-likeness (QED) is 0.497. The molecule has 4 rings (SSSR count). The molecule has 4 heteroatoms. The van der Waals surface area contributed by atoms with Crippen LogP contribution in [0.1, 0.15) is 19.7 Å². The van der Waals surface area contributed by atoms with Crippen molar-refractivity contribution in [3.05, 3.63) is 59.4 Å².